The van der Waals surface area contributed by atoms with Crippen LogP contribution >= 0.6 is 0 Å². The first-order chi connectivity index (χ1) is 7.02. The van der Waals surface area contributed by atoms with E-state index in [1.165, 1.54) is 6.07 Å². The van der Waals surface area contributed by atoms with Gasteiger partial charge in [0, 0.05) is 0 Å². The van der Waals surface area contributed by atoms with Gasteiger partial charge in [-0.3, -0.25) is 0 Å². The molecule has 84 valence electrons. The van der Waals surface area contributed by atoms with Crippen molar-refractivity contribution in [2.24, 2.45) is 5.92 Å². The van der Waals surface area contributed by atoms with Gasteiger partial charge in [-0.05, 0) is 36.8 Å². The second kappa shape index (κ2) is 5.24. The predicted molar refractivity (Wildman–Crippen MR) is 59.2 cm³/mol. The van der Waals surface area contributed by atoms with E-state index in [0.717, 1.165) is 0 Å². The summed E-state index contributed by atoms with van der Waals surface area (Å²) >= 11 is 0. The molecule has 0 aliphatic heterocycles. The topological polar surface area (TPSA) is 0 Å². The monoisotopic (exact) mass is 212 g/mol. The maximum Gasteiger partial charge on any atom is 0.126 e. The Bertz CT molecular complexity index is 307. The lowest BCUT2D eigenvalue weighted by atomic mass is 9.89. The molecule has 0 radical (unpaired) electrons. The number of halogens is 2. The van der Waals surface area contributed by atoms with Gasteiger partial charge in [0.25, 0.3) is 0 Å². The molecule has 1 aromatic rings. The van der Waals surface area contributed by atoms with Crippen LogP contribution in [0.15, 0.2) is 24.3 Å². The summed E-state index contributed by atoms with van der Waals surface area (Å²) < 4.78 is 26.4. The van der Waals surface area contributed by atoms with E-state index in [9.17, 15) is 8.78 Å². The average molecular weight is 212 g/mol. The maximum absolute atomic E-state index is 13.4. The second-order valence-corrected chi connectivity index (χ2v) is 4.31. The lowest BCUT2D eigenvalue weighted by Crippen LogP contribution is -2.12. The van der Waals surface area contributed by atoms with Gasteiger partial charge in [-0.1, -0.05) is 32.0 Å². The van der Waals surface area contributed by atoms with Gasteiger partial charge in [0.2, 0.25) is 0 Å². The van der Waals surface area contributed by atoms with Crippen LogP contribution in [0.1, 0.15) is 38.7 Å². The molecule has 0 fully saturated rings. The summed E-state index contributed by atoms with van der Waals surface area (Å²) in [6.45, 7) is 5.36. The summed E-state index contributed by atoms with van der Waals surface area (Å²) in [6, 6.07) is 6.72. The Morgan fingerprint density at radius 1 is 1.13 bits per heavy atom. The van der Waals surface area contributed by atoms with Gasteiger partial charge in [-0.2, -0.15) is 0 Å². The highest BCUT2D eigenvalue weighted by atomic mass is 19.1. The smallest absolute Gasteiger partial charge is 0.126 e. The standard InChI is InChI=1S/C13H18F2/c1-9(11(3)14)8-10(2)12-6-4-5-7-13(12)15/h4-7,9-11H,8H2,1-3H3/t9-,10?,11?/m0/s1. The molecule has 15 heavy (non-hydrogen) atoms. The van der Waals surface area contributed by atoms with Crippen molar-refractivity contribution in [3.8, 4) is 0 Å². The summed E-state index contributed by atoms with van der Waals surface area (Å²) in [5.41, 5.74) is 0.685. The molecule has 0 bridgehead atoms. The van der Waals surface area contributed by atoms with E-state index in [4.69, 9.17) is 0 Å². The van der Waals surface area contributed by atoms with E-state index in [2.05, 4.69) is 0 Å². The quantitative estimate of drug-likeness (QED) is 0.697. The van der Waals surface area contributed by atoms with Crippen molar-refractivity contribution in [2.45, 2.75) is 39.3 Å². The lowest BCUT2D eigenvalue weighted by Gasteiger charge is -2.18. The Morgan fingerprint density at radius 2 is 1.73 bits per heavy atom. The third-order valence-electron chi connectivity index (χ3n) is 2.95. The Balaban J connectivity index is 2.69. The normalized spacial score (nSPS) is 17.1. The maximum atomic E-state index is 13.4. The van der Waals surface area contributed by atoms with Crippen LogP contribution in [0.4, 0.5) is 8.78 Å². The molecule has 3 atom stereocenters. The van der Waals surface area contributed by atoms with Gasteiger partial charge in [0.15, 0.2) is 0 Å². The van der Waals surface area contributed by atoms with Gasteiger partial charge in [0.05, 0.1) is 6.17 Å². The van der Waals surface area contributed by atoms with Crippen LogP contribution in [0.2, 0.25) is 0 Å². The molecule has 2 heteroatoms. The van der Waals surface area contributed by atoms with Crippen LogP contribution in [0, 0.1) is 11.7 Å². The molecule has 0 N–H and O–H groups in total. The molecule has 1 rings (SSSR count). The van der Waals surface area contributed by atoms with Crippen molar-refractivity contribution in [2.75, 3.05) is 0 Å². The minimum absolute atomic E-state index is 0.0281. The highest BCUT2D eigenvalue weighted by Crippen LogP contribution is 2.27. The Hall–Kier alpha value is -0.920. The highest BCUT2D eigenvalue weighted by molar-refractivity contribution is 5.21. The molecular weight excluding hydrogens is 194 g/mol. The van der Waals surface area contributed by atoms with Crippen molar-refractivity contribution in [3.05, 3.63) is 35.6 Å². The molecule has 0 nitrogen and oxygen atoms in total. The van der Waals surface area contributed by atoms with Crippen LogP contribution in [-0.2, 0) is 0 Å². The van der Waals surface area contributed by atoms with Crippen molar-refractivity contribution in [1.82, 2.24) is 0 Å². The zero-order chi connectivity index (χ0) is 11.4. The molecule has 0 heterocycles. The number of hydrogen-bond acceptors (Lipinski definition) is 0. The first-order valence-electron chi connectivity index (χ1n) is 5.41. The molecule has 0 spiro atoms. The highest BCUT2D eigenvalue weighted by Gasteiger charge is 2.17. The fraction of sp³-hybridized carbons (Fsp3) is 0.538. The molecule has 0 aromatic heterocycles. The molecular formula is C13H18F2. The molecule has 0 saturated carbocycles. The third kappa shape index (κ3) is 3.29. The van der Waals surface area contributed by atoms with E-state index in [1.54, 1.807) is 19.1 Å². The molecule has 1 aromatic carbocycles. The van der Waals surface area contributed by atoms with Gasteiger partial charge in [-0.25, -0.2) is 8.78 Å². The van der Waals surface area contributed by atoms with E-state index < -0.39 is 6.17 Å². The van der Waals surface area contributed by atoms with Crippen molar-refractivity contribution in [3.63, 3.8) is 0 Å². The molecule has 0 aliphatic rings. The third-order valence-corrected chi connectivity index (χ3v) is 2.95. The number of rotatable bonds is 4. The van der Waals surface area contributed by atoms with E-state index in [1.807, 2.05) is 19.9 Å². The fourth-order valence-electron chi connectivity index (χ4n) is 1.75. The summed E-state index contributed by atoms with van der Waals surface area (Å²) in [5.74, 6) is -0.150. The largest absolute Gasteiger partial charge is 0.248 e. The molecule has 0 aliphatic carbocycles. The minimum Gasteiger partial charge on any atom is -0.248 e. The zero-order valence-electron chi connectivity index (χ0n) is 9.50. The predicted octanol–water partition coefficient (Wildman–Crippen LogP) is 4.31. The summed E-state index contributed by atoms with van der Waals surface area (Å²) in [4.78, 5) is 0. The second-order valence-electron chi connectivity index (χ2n) is 4.31. The SMILES string of the molecule is CC(C[C@H](C)C(C)F)c1ccccc1F. The van der Waals surface area contributed by atoms with Crippen LogP contribution in [0.5, 0.6) is 0 Å². The average Bonchev–Trinajstić information content (AvgIpc) is 2.18. The van der Waals surface area contributed by atoms with Crippen molar-refractivity contribution in [1.29, 1.82) is 0 Å². The van der Waals surface area contributed by atoms with Gasteiger partial charge in [0.1, 0.15) is 5.82 Å². The Labute approximate surface area is 90.3 Å². The van der Waals surface area contributed by atoms with Crippen LogP contribution < -0.4 is 0 Å². The van der Waals surface area contributed by atoms with Gasteiger partial charge in [-0.15, -0.1) is 0 Å². The summed E-state index contributed by atoms with van der Waals surface area (Å²) in [6.07, 6.45) is -0.155. The fourth-order valence-corrected chi connectivity index (χ4v) is 1.75. The first-order valence-corrected chi connectivity index (χ1v) is 5.41. The first kappa shape index (κ1) is 12.2. The summed E-state index contributed by atoms with van der Waals surface area (Å²) in [5, 5.41) is 0. The van der Waals surface area contributed by atoms with E-state index >= 15 is 0 Å². The zero-order valence-corrected chi connectivity index (χ0v) is 9.50. The van der Waals surface area contributed by atoms with Crippen LogP contribution in [0.3, 0.4) is 0 Å². The van der Waals surface area contributed by atoms with Crippen LogP contribution in [-0.4, -0.2) is 6.17 Å². The summed E-state index contributed by atoms with van der Waals surface area (Å²) in [7, 11) is 0. The van der Waals surface area contributed by atoms with Crippen molar-refractivity contribution < 1.29 is 8.78 Å². The van der Waals surface area contributed by atoms with E-state index in [-0.39, 0.29) is 17.7 Å². The molecule has 2 unspecified atom stereocenters. The molecule has 0 saturated heterocycles. The van der Waals surface area contributed by atoms with Gasteiger partial charge < -0.3 is 0 Å². The number of benzene rings is 1. The van der Waals surface area contributed by atoms with Gasteiger partial charge >= 0.3 is 0 Å². The Kier molecular flexibility index (Phi) is 4.25. The number of alkyl halides is 1. The lowest BCUT2D eigenvalue weighted by molar-refractivity contribution is 0.244. The van der Waals surface area contributed by atoms with E-state index in [0.29, 0.717) is 12.0 Å². The van der Waals surface area contributed by atoms with Crippen molar-refractivity contribution >= 4 is 0 Å². The van der Waals surface area contributed by atoms with Crippen LogP contribution in [0.25, 0.3) is 0 Å². The minimum atomic E-state index is -0.834. The molecule has 0 amide bonds. The number of hydrogen-bond donors (Lipinski definition) is 0. The Morgan fingerprint density at radius 3 is 2.27 bits per heavy atom.